The van der Waals surface area contributed by atoms with Crippen molar-refractivity contribution in [1.29, 1.82) is 0 Å². The predicted octanol–water partition coefficient (Wildman–Crippen LogP) is 3.31. The van der Waals surface area contributed by atoms with Crippen LogP contribution in [0.15, 0.2) is 54.7 Å². The minimum atomic E-state index is -0.955. The Morgan fingerprint density at radius 1 is 1.07 bits per heavy atom. The number of ether oxygens (including phenoxy) is 1. The molecule has 2 heterocycles. The number of aliphatic hydroxyl groups excluding tert-OH is 1. The lowest BCUT2D eigenvalue weighted by atomic mass is 9.88. The SMILES string of the molecule is OC(CCN1CCC(O)(c2cnc3ccccc3n2)CC1)Oc1ccc(I)cc1. The van der Waals surface area contributed by atoms with Gasteiger partial charge in [-0.15, -0.1) is 0 Å². The van der Waals surface area contributed by atoms with Gasteiger partial charge in [0.2, 0.25) is 0 Å². The molecule has 29 heavy (non-hydrogen) atoms. The highest BCUT2D eigenvalue weighted by Gasteiger charge is 2.35. The van der Waals surface area contributed by atoms with E-state index in [1.54, 1.807) is 6.20 Å². The fourth-order valence-corrected chi connectivity index (χ4v) is 3.97. The summed E-state index contributed by atoms with van der Waals surface area (Å²) in [5.74, 6) is 0.667. The number of hydrogen-bond acceptors (Lipinski definition) is 6. The van der Waals surface area contributed by atoms with Crippen molar-refractivity contribution in [2.75, 3.05) is 19.6 Å². The number of para-hydroxylation sites is 2. The van der Waals surface area contributed by atoms with Gasteiger partial charge < -0.3 is 19.8 Å². The summed E-state index contributed by atoms with van der Waals surface area (Å²) in [7, 11) is 0. The van der Waals surface area contributed by atoms with Crippen LogP contribution >= 0.6 is 22.6 Å². The van der Waals surface area contributed by atoms with Gasteiger partial charge >= 0.3 is 0 Å². The van der Waals surface area contributed by atoms with Crippen LogP contribution in [-0.2, 0) is 5.60 Å². The molecule has 0 amide bonds. The summed E-state index contributed by atoms with van der Waals surface area (Å²) in [6.45, 7) is 2.19. The van der Waals surface area contributed by atoms with Crippen LogP contribution in [0, 0.1) is 3.57 Å². The molecule has 1 aliphatic heterocycles. The van der Waals surface area contributed by atoms with Crippen LogP contribution in [0.4, 0.5) is 0 Å². The molecule has 4 rings (SSSR count). The second-order valence-electron chi connectivity index (χ2n) is 7.43. The molecule has 2 aromatic carbocycles. The van der Waals surface area contributed by atoms with Gasteiger partial charge in [0.05, 0.1) is 22.9 Å². The van der Waals surface area contributed by atoms with Crippen molar-refractivity contribution >= 4 is 33.6 Å². The van der Waals surface area contributed by atoms with Crippen molar-refractivity contribution in [3.63, 3.8) is 0 Å². The second-order valence-corrected chi connectivity index (χ2v) is 8.68. The van der Waals surface area contributed by atoms with E-state index in [1.165, 1.54) is 0 Å². The molecule has 0 spiro atoms. The molecule has 0 radical (unpaired) electrons. The smallest absolute Gasteiger partial charge is 0.198 e. The van der Waals surface area contributed by atoms with Crippen LogP contribution in [0.25, 0.3) is 11.0 Å². The quantitative estimate of drug-likeness (QED) is 0.396. The zero-order valence-electron chi connectivity index (χ0n) is 16.0. The zero-order valence-corrected chi connectivity index (χ0v) is 18.2. The third-order valence-corrected chi connectivity index (χ3v) is 6.11. The van der Waals surface area contributed by atoms with E-state index in [4.69, 9.17) is 4.74 Å². The fourth-order valence-electron chi connectivity index (χ4n) is 3.61. The molecule has 1 aromatic heterocycles. The maximum Gasteiger partial charge on any atom is 0.198 e. The number of aliphatic hydroxyl groups is 2. The van der Waals surface area contributed by atoms with Crippen LogP contribution in [0.2, 0.25) is 0 Å². The van der Waals surface area contributed by atoms with Crippen LogP contribution < -0.4 is 4.74 Å². The molecule has 1 aliphatic rings. The Labute approximate surface area is 183 Å². The number of fused-ring (bicyclic) bond motifs is 1. The number of nitrogens with zero attached hydrogens (tertiary/aromatic N) is 3. The van der Waals surface area contributed by atoms with Crippen molar-refractivity contribution < 1.29 is 14.9 Å². The Balaban J connectivity index is 1.29. The van der Waals surface area contributed by atoms with Crippen LogP contribution in [0.5, 0.6) is 5.75 Å². The lowest BCUT2D eigenvalue weighted by molar-refractivity contribution is -0.0491. The summed E-state index contributed by atoms with van der Waals surface area (Å²) < 4.78 is 6.70. The molecular formula is C22H24IN3O3. The fraction of sp³-hybridized carbons (Fsp3) is 0.364. The standard InChI is InChI=1S/C22H24IN3O3/c23-16-5-7-17(8-6-16)29-21(27)9-12-26-13-10-22(28,11-14-26)20-15-24-18-3-1-2-4-19(18)25-20/h1-8,15,21,27-28H,9-14H2. The van der Waals surface area contributed by atoms with Crippen molar-refractivity contribution in [1.82, 2.24) is 14.9 Å². The van der Waals surface area contributed by atoms with Crippen molar-refractivity contribution in [2.24, 2.45) is 0 Å². The van der Waals surface area contributed by atoms with Crippen LogP contribution in [0.1, 0.15) is 25.0 Å². The molecule has 0 saturated carbocycles. The van der Waals surface area contributed by atoms with Gasteiger partial charge in [-0.1, -0.05) is 12.1 Å². The average Bonchev–Trinajstić information content (AvgIpc) is 2.75. The number of piperidine rings is 1. The van der Waals surface area contributed by atoms with Gasteiger partial charge in [-0.25, -0.2) is 4.98 Å². The van der Waals surface area contributed by atoms with Crippen molar-refractivity contribution in [3.8, 4) is 5.75 Å². The minimum Gasteiger partial charge on any atom is -0.465 e. The molecular weight excluding hydrogens is 481 g/mol. The van der Waals surface area contributed by atoms with Crippen molar-refractivity contribution in [2.45, 2.75) is 31.2 Å². The minimum absolute atomic E-state index is 0.514. The Bertz CT molecular complexity index is 959. The maximum absolute atomic E-state index is 11.1. The Morgan fingerprint density at radius 3 is 2.48 bits per heavy atom. The average molecular weight is 505 g/mol. The van der Waals surface area contributed by atoms with Gasteiger partial charge in [-0.05, 0) is 71.8 Å². The Hall–Kier alpha value is -1.81. The normalized spacial score (nSPS) is 17.9. The van der Waals surface area contributed by atoms with E-state index in [1.807, 2.05) is 48.5 Å². The molecule has 1 fully saturated rings. The van der Waals surface area contributed by atoms with Crippen molar-refractivity contribution in [3.05, 3.63) is 64.0 Å². The molecule has 3 aromatic rings. The first-order chi connectivity index (χ1) is 14.0. The topological polar surface area (TPSA) is 78.7 Å². The van der Waals surface area contributed by atoms with E-state index >= 15 is 0 Å². The molecule has 1 unspecified atom stereocenters. The van der Waals surface area contributed by atoms with Gasteiger partial charge in [-0.3, -0.25) is 4.98 Å². The van der Waals surface area contributed by atoms with E-state index in [-0.39, 0.29) is 0 Å². The molecule has 1 saturated heterocycles. The monoisotopic (exact) mass is 505 g/mol. The third-order valence-electron chi connectivity index (χ3n) is 5.39. The van der Waals surface area contributed by atoms with Gasteiger partial charge in [0.15, 0.2) is 6.29 Å². The first-order valence-corrected chi connectivity index (χ1v) is 10.9. The van der Waals surface area contributed by atoms with E-state index in [0.29, 0.717) is 37.3 Å². The number of aromatic nitrogens is 2. The number of hydrogen-bond donors (Lipinski definition) is 2. The predicted molar refractivity (Wildman–Crippen MR) is 120 cm³/mol. The maximum atomic E-state index is 11.1. The zero-order chi connectivity index (χ0) is 20.3. The number of likely N-dealkylation sites (tertiary alicyclic amines) is 1. The van der Waals surface area contributed by atoms with Crippen LogP contribution in [0.3, 0.4) is 0 Å². The van der Waals surface area contributed by atoms with Gasteiger partial charge in [0.1, 0.15) is 11.4 Å². The van der Waals surface area contributed by atoms with E-state index in [9.17, 15) is 10.2 Å². The summed E-state index contributed by atoms with van der Waals surface area (Å²) in [6.07, 6.45) is 2.54. The van der Waals surface area contributed by atoms with Gasteiger partial charge in [-0.2, -0.15) is 0 Å². The molecule has 7 heteroatoms. The Morgan fingerprint density at radius 2 is 1.76 bits per heavy atom. The van der Waals surface area contributed by atoms with Gasteiger partial charge in [0, 0.05) is 29.6 Å². The number of rotatable bonds is 6. The largest absolute Gasteiger partial charge is 0.465 e. The molecule has 0 aliphatic carbocycles. The lowest BCUT2D eigenvalue weighted by Crippen LogP contribution is -2.44. The highest BCUT2D eigenvalue weighted by atomic mass is 127. The summed E-state index contributed by atoms with van der Waals surface area (Å²) >= 11 is 2.23. The lowest BCUT2D eigenvalue weighted by Gasteiger charge is -2.37. The van der Waals surface area contributed by atoms with Crippen LogP contribution in [-0.4, -0.2) is 51.0 Å². The molecule has 1 atom stereocenters. The van der Waals surface area contributed by atoms with Gasteiger partial charge in [0.25, 0.3) is 0 Å². The van der Waals surface area contributed by atoms with E-state index < -0.39 is 11.9 Å². The highest BCUT2D eigenvalue weighted by molar-refractivity contribution is 14.1. The number of halogens is 1. The molecule has 6 nitrogen and oxygen atoms in total. The third kappa shape index (κ3) is 5.03. The summed E-state index contributed by atoms with van der Waals surface area (Å²) in [6, 6.07) is 15.3. The number of benzene rings is 2. The second kappa shape index (κ2) is 8.91. The Kier molecular flexibility index (Phi) is 6.29. The summed E-state index contributed by atoms with van der Waals surface area (Å²) in [5.41, 5.74) is 1.32. The molecule has 0 bridgehead atoms. The molecule has 152 valence electrons. The highest BCUT2D eigenvalue weighted by Crippen LogP contribution is 2.32. The van der Waals surface area contributed by atoms with E-state index in [2.05, 4.69) is 37.5 Å². The summed E-state index contributed by atoms with van der Waals surface area (Å²) in [4.78, 5) is 11.3. The van der Waals surface area contributed by atoms with E-state index in [0.717, 1.165) is 27.7 Å². The molecule has 2 N–H and O–H groups in total. The first kappa shape index (κ1) is 20.5. The first-order valence-electron chi connectivity index (χ1n) is 9.79. The summed E-state index contributed by atoms with van der Waals surface area (Å²) in [5, 5.41) is 21.3.